The highest BCUT2D eigenvalue weighted by Crippen LogP contribution is 2.27. The average Bonchev–Trinajstić information content (AvgIpc) is 2.81. The zero-order valence-electron chi connectivity index (χ0n) is 11.6. The van der Waals surface area contributed by atoms with Gasteiger partial charge in [-0.2, -0.15) is 0 Å². The van der Waals surface area contributed by atoms with Gasteiger partial charge in [-0.15, -0.1) is 11.3 Å². The summed E-state index contributed by atoms with van der Waals surface area (Å²) in [7, 11) is 0. The first-order valence-corrected chi connectivity index (χ1v) is 7.35. The number of nitrogens with two attached hydrogens (primary N) is 1. The lowest BCUT2D eigenvalue weighted by molar-refractivity contribution is 0.142. The molecular formula is C14H26N2S. The van der Waals surface area contributed by atoms with Crippen molar-refractivity contribution in [3.8, 4) is 0 Å². The molecule has 0 aliphatic heterocycles. The van der Waals surface area contributed by atoms with Crippen LogP contribution in [-0.2, 0) is 0 Å². The van der Waals surface area contributed by atoms with Crippen LogP contribution in [0.4, 0.5) is 0 Å². The Labute approximate surface area is 110 Å². The largest absolute Gasteiger partial charge is 0.330 e. The first kappa shape index (κ1) is 14.7. The number of thiophene rings is 1. The standard InChI is InChI=1S/C14H26N2S/c1-5-8-16(11-14(3,4)10-15)12(2)13-7-6-9-17-13/h6-7,9,12H,5,8,10-11,15H2,1-4H3. The van der Waals surface area contributed by atoms with E-state index in [1.54, 1.807) is 0 Å². The van der Waals surface area contributed by atoms with E-state index in [4.69, 9.17) is 5.73 Å². The first-order valence-electron chi connectivity index (χ1n) is 6.47. The lowest BCUT2D eigenvalue weighted by Gasteiger charge is -2.35. The van der Waals surface area contributed by atoms with E-state index >= 15 is 0 Å². The summed E-state index contributed by atoms with van der Waals surface area (Å²) < 4.78 is 0. The normalized spacial score (nSPS) is 14.2. The van der Waals surface area contributed by atoms with E-state index in [1.807, 2.05) is 11.3 Å². The van der Waals surface area contributed by atoms with Gasteiger partial charge in [-0.3, -0.25) is 4.90 Å². The Morgan fingerprint density at radius 3 is 2.65 bits per heavy atom. The van der Waals surface area contributed by atoms with Crippen LogP contribution >= 0.6 is 11.3 Å². The zero-order valence-corrected chi connectivity index (χ0v) is 12.4. The van der Waals surface area contributed by atoms with Gasteiger partial charge in [0.25, 0.3) is 0 Å². The smallest absolute Gasteiger partial charge is 0.0413 e. The second-order valence-electron chi connectivity index (χ2n) is 5.53. The van der Waals surface area contributed by atoms with Crippen molar-refractivity contribution >= 4 is 11.3 Å². The molecule has 0 saturated heterocycles. The first-order chi connectivity index (χ1) is 8.00. The fourth-order valence-electron chi connectivity index (χ4n) is 2.02. The molecule has 1 atom stereocenters. The van der Waals surface area contributed by atoms with Crippen molar-refractivity contribution in [2.45, 2.75) is 40.2 Å². The van der Waals surface area contributed by atoms with Crippen LogP contribution < -0.4 is 5.73 Å². The van der Waals surface area contributed by atoms with Crippen molar-refractivity contribution in [1.29, 1.82) is 0 Å². The van der Waals surface area contributed by atoms with Gasteiger partial charge in [0.1, 0.15) is 0 Å². The lowest BCUT2D eigenvalue weighted by atomic mass is 9.92. The highest BCUT2D eigenvalue weighted by molar-refractivity contribution is 7.10. The van der Waals surface area contributed by atoms with E-state index < -0.39 is 0 Å². The summed E-state index contributed by atoms with van der Waals surface area (Å²) in [6, 6.07) is 4.86. The minimum Gasteiger partial charge on any atom is -0.330 e. The molecule has 3 heteroatoms. The van der Waals surface area contributed by atoms with Crippen LogP contribution in [0.2, 0.25) is 0 Å². The Balaban J connectivity index is 2.71. The van der Waals surface area contributed by atoms with E-state index in [0.717, 1.165) is 19.6 Å². The number of hydrogen-bond donors (Lipinski definition) is 1. The molecule has 1 rings (SSSR count). The minimum absolute atomic E-state index is 0.195. The molecule has 0 saturated carbocycles. The third kappa shape index (κ3) is 4.41. The lowest BCUT2D eigenvalue weighted by Crippen LogP contribution is -2.40. The monoisotopic (exact) mass is 254 g/mol. The topological polar surface area (TPSA) is 29.3 Å². The maximum absolute atomic E-state index is 5.85. The average molecular weight is 254 g/mol. The SMILES string of the molecule is CCCN(CC(C)(C)CN)C(C)c1cccs1. The van der Waals surface area contributed by atoms with Gasteiger partial charge in [-0.05, 0) is 43.3 Å². The molecule has 0 spiro atoms. The summed E-state index contributed by atoms with van der Waals surface area (Å²) in [5, 5.41) is 2.16. The molecule has 1 heterocycles. The van der Waals surface area contributed by atoms with Crippen LogP contribution in [0, 0.1) is 5.41 Å². The van der Waals surface area contributed by atoms with Gasteiger partial charge < -0.3 is 5.73 Å². The second kappa shape index (κ2) is 6.53. The van der Waals surface area contributed by atoms with Gasteiger partial charge in [-0.25, -0.2) is 0 Å². The van der Waals surface area contributed by atoms with Gasteiger partial charge in [0.05, 0.1) is 0 Å². The minimum atomic E-state index is 0.195. The van der Waals surface area contributed by atoms with Crippen molar-refractivity contribution in [3.63, 3.8) is 0 Å². The van der Waals surface area contributed by atoms with Crippen LogP contribution in [-0.4, -0.2) is 24.5 Å². The molecular weight excluding hydrogens is 228 g/mol. The fraction of sp³-hybridized carbons (Fsp3) is 0.714. The van der Waals surface area contributed by atoms with Crippen molar-refractivity contribution in [1.82, 2.24) is 4.90 Å². The van der Waals surface area contributed by atoms with Gasteiger partial charge in [0, 0.05) is 17.5 Å². The van der Waals surface area contributed by atoms with E-state index in [-0.39, 0.29) is 5.41 Å². The summed E-state index contributed by atoms with van der Waals surface area (Å²) in [4.78, 5) is 4.00. The zero-order chi connectivity index (χ0) is 12.9. The molecule has 2 N–H and O–H groups in total. The van der Waals surface area contributed by atoms with Gasteiger partial charge in [0.15, 0.2) is 0 Å². The van der Waals surface area contributed by atoms with E-state index in [0.29, 0.717) is 6.04 Å². The number of rotatable bonds is 7. The van der Waals surface area contributed by atoms with Crippen LogP contribution in [0.5, 0.6) is 0 Å². The second-order valence-corrected chi connectivity index (χ2v) is 6.51. The van der Waals surface area contributed by atoms with Gasteiger partial charge in [-0.1, -0.05) is 26.8 Å². The summed E-state index contributed by atoms with van der Waals surface area (Å²) in [6.07, 6.45) is 1.19. The molecule has 0 aliphatic rings. The predicted octanol–water partition coefficient (Wildman–Crippen LogP) is 3.51. The van der Waals surface area contributed by atoms with E-state index in [9.17, 15) is 0 Å². The molecule has 17 heavy (non-hydrogen) atoms. The van der Waals surface area contributed by atoms with Gasteiger partial charge in [0.2, 0.25) is 0 Å². The molecule has 1 aromatic rings. The maximum atomic E-state index is 5.85. The summed E-state index contributed by atoms with van der Waals surface area (Å²) in [5.74, 6) is 0. The van der Waals surface area contributed by atoms with Crippen LogP contribution in [0.3, 0.4) is 0 Å². The Morgan fingerprint density at radius 2 is 2.18 bits per heavy atom. The molecule has 98 valence electrons. The molecule has 0 amide bonds. The van der Waals surface area contributed by atoms with Crippen LogP contribution in [0.15, 0.2) is 17.5 Å². The summed E-state index contributed by atoms with van der Waals surface area (Å²) >= 11 is 1.85. The molecule has 0 radical (unpaired) electrons. The van der Waals surface area contributed by atoms with Crippen LogP contribution in [0.25, 0.3) is 0 Å². The summed E-state index contributed by atoms with van der Waals surface area (Å²) in [6.45, 7) is 12.0. The summed E-state index contributed by atoms with van der Waals surface area (Å²) in [5.41, 5.74) is 6.04. The maximum Gasteiger partial charge on any atom is 0.0413 e. The van der Waals surface area contributed by atoms with Gasteiger partial charge >= 0.3 is 0 Å². The van der Waals surface area contributed by atoms with Crippen LogP contribution in [0.1, 0.15) is 45.0 Å². The third-order valence-electron chi connectivity index (χ3n) is 3.20. The highest BCUT2D eigenvalue weighted by Gasteiger charge is 2.24. The predicted molar refractivity (Wildman–Crippen MR) is 77.4 cm³/mol. The third-order valence-corrected chi connectivity index (χ3v) is 4.24. The quantitative estimate of drug-likeness (QED) is 0.807. The Bertz CT molecular complexity index is 306. The fourth-order valence-corrected chi connectivity index (χ4v) is 2.84. The van der Waals surface area contributed by atoms with E-state index in [2.05, 4.69) is 50.1 Å². The molecule has 0 aliphatic carbocycles. The number of nitrogens with zero attached hydrogens (tertiary/aromatic N) is 1. The molecule has 0 aromatic carbocycles. The molecule has 1 aromatic heterocycles. The molecule has 2 nitrogen and oxygen atoms in total. The number of hydrogen-bond acceptors (Lipinski definition) is 3. The van der Waals surface area contributed by atoms with E-state index in [1.165, 1.54) is 11.3 Å². The van der Waals surface area contributed by atoms with Crippen molar-refractivity contribution in [2.75, 3.05) is 19.6 Å². The highest BCUT2D eigenvalue weighted by atomic mass is 32.1. The molecule has 0 bridgehead atoms. The molecule has 0 fully saturated rings. The van der Waals surface area contributed by atoms with Crippen molar-refractivity contribution in [3.05, 3.63) is 22.4 Å². The Morgan fingerprint density at radius 1 is 1.47 bits per heavy atom. The Kier molecular flexibility index (Phi) is 5.63. The van der Waals surface area contributed by atoms with Crippen molar-refractivity contribution < 1.29 is 0 Å². The molecule has 1 unspecified atom stereocenters. The van der Waals surface area contributed by atoms with Crippen molar-refractivity contribution in [2.24, 2.45) is 11.1 Å². The Hall–Kier alpha value is -0.380.